The van der Waals surface area contributed by atoms with Gasteiger partial charge in [0.25, 0.3) is 0 Å². The van der Waals surface area contributed by atoms with Gasteiger partial charge in [0.15, 0.2) is 11.6 Å². The normalized spacial score (nSPS) is 30.3. The zero-order chi connectivity index (χ0) is 18.7. The van der Waals surface area contributed by atoms with Gasteiger partial charge >= 0.3 is 0 Å². The van der Waals surface area contributed by atoms with Gasteiger partial charge in [0.1, 0.15) is 0 Å². The standard InChI is InChI=1S/C22H29F3O/c1-14-3-5-15(6-4-14)13-19(23)17-9-7-16(8-10-17)18-11-12-20(26-2)22(25)21(18)24/h11-17H,3-10H2,1-2H3/b19-13-. The highest BCUT2D eigenvalue weighted by molar-refractivity contribution is 5.33. The summed E-state index contributed by atoms with van der Waals surface area (Å²) in [5.74, 6) is -0.772. The van der Waals surface area contributed by atoms with E-state index in [2.05, 4.69) is 6.92 Å². The van der Waals surface area contributed by atoms with Gasteiger partial charge in [-0.05, 0) is 74.0 Å². The Bertz CT molecular complexity index is 639. The van der Waals surface area contributed by atoms with Crippen LogP contribution < -0.4 is 4.74 Å². The highest BCUT2D eigenvalue weighted by Gasteiger charge is 2.29. The Morgan fingerprint density at radius 2 is 1.62 bits per heavy atom. The summed E-state index contributed by atoms with van der Waals surface area (Å²) in [6, 6.07) is 3.09. The lowest BCUT2D eigenvalue weighted by atomic mass is 9.76. The van der Waals surface area contributed by atoms with E-state index in [1.807, 2.05) is 6.08 Å². The maximum Gasteiger partial charge on any atom is 0.200 e. The second-order valence-electron chi connectivity index (χ2n) is 8.11. The van der Waals surface area contributed by atoms with Crippen LogP contribution in [0.4, 0.5) is 13.2 Å². The van der Waals surface area contributed by atoms with Gasteiger partial charge in [-0.2, -0.15) is 4.39 Å². The molecule has 4 heteroatoms. The van der Waals surface area contributed by atoms with Crippen LogP contribution in [-0.4, -0.2) is 7.11 Å². The first-order chi connectivity index (χ1) is 12.5. The topological polar surface area (TPSA) is 9.23 Å². The summed E-state index contributed by atoms with van der Waals surface area (Å²) in [7, 11) is 1.32. The van der Waals surface area contributed by atoms with Gasteiger partial charge in [-0.3, -0.25) is 0 Å². The third kappa shape index (κ3) is 4.27. The minimum atomic E-state index is -0.926. The van der Waals surface area contributed by atoms with Crippen LogP contribution in [0.1, 0.15) is 69.8 Å². The number of hydrogen-bond acceptors (Lipinski definition) is 1. The fourth-order valence-electron chi connectivity index (χ4n) is 4.51. The fraction of sp³-hybridized carbons (Fsp3) is 0.636. The monoisotopic (exact) mass is 366 g/mol. The molecule has 0 spiro atoms. The van der Waals surface area contributed by atoms with E-state index in [9.17, 15) is 13.2 Å². The summed E-state index contributed by atoms with van der Waals surface area (Å²) in [5.41, 5.74) is 0.396. The van der Waals surface area contributed by atoms with Gasteiger partial charge in [0.05, 0.1) is 12.9 Å². The van der Waals surface area contributed by atoms with Gasteiger partial charge in [-0.1, -0.05) is 25.8 Å². The fourth-order valence-corrected chi connectivity index (χ4v) is 4.51. The first-order valence-corrected chi connectivity index (χ1v) is 9.88. The van der Waals surface area contributed by atoms with Crippen molar-refractivity contribution in [3.05, 3.63) is 41.2 Å². The highest BCUT2D eigenvalue weighted by atomic mass is 19.2. The van der Waals surface area contributed by atoms with E-state index in [4.69, 9.17) is 4.74 Å². The minimum absolute atomic E-state index is 0.0180. The maximum absolute atomic E-state index is 14.7. The second kappa shape index (κ2) is 8.49. The van der Waals surface area contributed by atoms with Crippen LogP contribution in [0.15, 0.2) is 24.0 Å². The number of halogens is 3. The number of methoxy groups -OCH3 is 1. The molecule has 0 aromatic heterocycles. The van der Waals surface area contributed by atoms with E-state index >= 15 is 0 Å². The van der Waals surface area contributed by atoms with Gasteiger partial charge in [-0.15, -0.1) is 0 Å². The van der Waals surface area contributed by atoms with E-state index in [1.54, 1.807) is 6.07 Å². The molecular weight excluding hydrogens is 337 g/mol. The van der Waals surface area contributed by atoms with Crippen LogP contribution in [0, 0.1) is 29.4 Å². The summed E-state index contributed by atoms with van der Waals surface area (Å²) < 4.78 is 47.7. The molecule has 144 valence electrons. The first-order valence-electron chi connectivity index (χ1n) is 9.88. The van der Waals surface area contributed by atoms with Crippen molar-refractivity contribution in [2.75, 3.05) is 7.11 Å². The lowest BCUT2D eigenvalue weighted by Crippen LogP contribution is -2.17. The smallest absolute Gasteiger partial charge is 0.200 e. The molecule has 0 radical (unpaired) electrons. The second-order valence-corrected chi connectivity index (χ2v) is 8.11. The maximum atomic E-state index is 14.7. The molecule has 1 aromatic rings. The molecule has 0 amide bonds. The Balaban J connectivity index is 1.60. The Morgan fingerprint density at radius 1 is 0.962 bits per heavy atom. The summed E-state index contributed by atoms with van der Waals surface area (Å²) in [6.07, 6.45) is 9.16. The van der Waals surface area contributed by atoms with Crippen LogP contribution in [0.3, 0.4) is 0 Å². The zero-order valence-electron chi connectivity index (χ0n) is 15.7. The molecule has 0 heterocycles. The van der Waals surface area contributed by atoms with Crippen molar-refractivity contribution in [2.24, 2.45) is 17.8 Å². The minimum Gasteiger partial charge on any atom is -0.494 e. The molecule has 26 heavy (non-hydrogen) atoms. The van der Waals surface area contributed by atoms with Crippen LogP contribution in [0.25, 0.3) is 0 Å². The van der Waals surface area contributed by atoms with Crippen molar-refractivity contribution in [3.63, 3.8) is 0 Å². The SMILES string of the molecule is COc1ccc(C2CCC(/C(F)=C/C3CCC(C)CC3)CC2)c(F)c1F. The van der Waals surface area contributed by atoms with Gasteiger partial charge in [0.2, 0.25) is 5.82 Å². The number of allylic oxidation sites excluding steroid dienone is 2. The van der Waals surface area contributed by atoms with Crippen molar-refractivity contribution in [3.8, 4) is 5.75 Å². The molecule has 2 aliphatic rings. The third-order valence-corrected chi connectivity index (χ3v) is 6.31. The predicted molar refractivity (Wildman–Crippen MR) is 97.9 cm³/mol. The van der Waals surface area contributed by atoms with Crippen molar-refractivity contribution in [1.29, 1.82) is 0 Å². The molecule has 3 rings (SSSR count). The average Bonchev–Trinajstić information content (AvgIpc) is 2.66. The van der Waals surface area contributed by atoms with Crippen LogP contribution in [0.5, 0.6) is 5.75 Å². The van der Waals surface area contributed by atoms with Crippen LogP contribution in [-0.2, 0) is 0 Å². The molecule has 0 unspecified atom stereocenters. The molecule has 2 aliphatic carbocycles. The van der Waals surface area contributed by atoms with Crippen molar-refractivity contribution in [2.45, 2.75) is 64.2 Å². The first kappa shape index (κ1) is 19.3. The van der Waals surface area contributed by atoms with Crippen LogP contribution in [0.2, 0.25) is 0 Å². The Kier molecular flexibility index (Phi) is 6.31. The molecule has 1 aromatic carbocycles. The number of ether oxygens (including phenoxy) is 1. The largest absolute Gasteiger partial charge is 0.494 e. The molecule has 1 nitrogen and oxygen atoms in total. The van der Waals surface area contributed by atoms with Gasteiger partial charge in [-0.25, -0.2) is 8.78 Å². The molecule has 0 bridgehead atoms. The number of benzene rings is 1. The van der Waals surface area contributed by atoms with Gasteiger partial charge < -0.3 is 4.74 Å². The molecule has 0 saturated heterocycles. The van der Waals surface area contributed by atoms with E-state index in [0.717, 1.165) is 18.8 Å². The van der Waals surface area contributed by atoms with Crippen molar-refractivity contribution < 1.29 is 17.9 Å². The Hall–Kier alpha value is -1.45. The van der Waals surface area contributed by atoms with E-state index in [1.165, 1.54) is 26.0 Å². The lowest BCUT2D eigenvalue weighted by molar-refractivity contribution is 0.297. The van der Waals surface area contributed by atoms with Crippen LogP contribution >= 0.6 is 0 Å². The quantitative estimate of drug-likeness (QED) is 0.561. The van der Waals surface area contributed by atoms with Crippen molar-refractivity contribution in [1.82, 2.24) is 0 Å². The van der Waals surface area contributed by atoms with E-state index in [-0.39, 0.29) is 23.4 Å². The molecule has 0 atom stereocenters. The van der Waals surface area contributed by atoms with Crippen molar-refractivity contribution >= 4 is 0 Å². The number of rotatable bonds is 4. The van der Waals surface area contributed by atoms with E-state index in [0.29, 0.717) is 37.2 Å². The lowest BCUT2D eigenvalue weighted by Gasteiger charge is -2.29. The average molecular weight is 366 g/mol. The highest BCUT2D eigenvalue weighted by Crippen LogP contribution is 2.42. The summed E-state index contributed by atoms with van der Waals surface area (Å²) >= 11 is 0. The number of hydrogen-bond donors (Lipinski definition) is 0. The molecular formula is C22H29F3O. The Labute approximate surface area is 154 Å². The molecule has 0 aliphatic heterocycles. The summed E-state index contributed by atoms with van der Waals surface area (Å²) in [5, 5.41) is 0. The molecule has 2 fully saturated rings. The zero-order valence-corrected chi connectivity index (χ0v) is 15.7. The third-order valence-electron chi connectivity index (χ3n) is 6.31. The Morgan fingerprint density at radius 3 is 2.23 bits per heavy atom. The van der Waals surface area contributed by atoms with E-state index < -0.39 is 11.6 Å². The predicted octanol–water partition coefficient (Wildman–Crippen LogP) is 6.93. The molecule has 2 saturated carbocycles. The summed E-state index contributed by atoms with van der Waals surface area (Å²) in [4.78, 5) is 0. The van der Waals surface area contributed by atoms with Gasteiger partial charge in [0, 0.05) is 5.92 Å². The molecule has 0 N–H and O–H groups in total. The summed E-state index contributed by atoms with van der Waals surface area (Å²) in [6.45, 7) is 2.26.